The molecule has 0 aliphatic carbocycles. The van der Waals surface area contributed by atoms with Crippen molar-refractivity contribution < 1.29 is 0 Å². The lowest BCUT2D eigenvalue weighted by Gasteiger charge is -2.40. The summed E-state index contributed by atoms with van der Waals surface area (Å²) in [5.74, 6) is 0. The third kappa shape index (κ3) is 3.70. The van der Waals surface area contributed by atoms with Gasteiger partial charge in [0.05, 0.1) is 17.4 Å². The lowest BCUT2D eigenvalue weighted by atomic mass is 9.88. The Morgan fingerprint density at radius 2 is 1.56 bits per heavy atom. The van der Waals surface area contributed by atoms with E-state index in [1.807, 2.05) is 0 Å². The minimum absolute atomic E-state index is 0.0911. The van der Waals surface area contributed by atoms with E-state index in [0.29, 0.717) is 0 Å². The second kappa shape index (κ2) is 8.98. The summed E-state index contributed by atoms with van der Waals surface area (Å²) in [6, 6.07) is 36.8. The predicted octanol–water partition coefficient (Wildman–Crippen LogP) is 7.24. The van der Waals surface area contributed by atoms with Crippen molar-refractivity contribution in [1.82, 2.24) is 10.2 Å². The number of hydrogen-bond donors (Lipinski definition) is 1. The molecule has 3 nitrogen and oxygen atoms in total. The molecule has 0 radical (unpaired) electrons. The lowest BCUT2D eigenvalue weighted by Crippen LogP contribution is -2.40. The third-order valence-corrected chi connectivity index (χ3v) is 7.92. The molecule has 1 atom stereocenters. The molecule has 3 heterocycles. The van der Waals surface area contributed by atoms with Crippen LogP contribution in [-0.4, -0.2) is 23.2 Å². The van der Waals surface area contributed by atoms with Crippen LogP contribution in [0.15, 0.2) is 130 Å². The number of rotatable bonds is 3. The molecule has 7 rings (SSSR count). The average molecular weight is 484 g/mol. The zero-order valence-corrected chi connectivity index (χ0v) is 20.6. The molecule has 0 spiro atoms. The van der Waals surface area contributed by atoms with E-state index in [-0.39, 0.29) is 6.04 Å². The number of nitrogens with one attached hydrogen (secondary N) is 1. The number of aliphatic imine (C=N–C) groups is 1. The van der Waals surface area contributed by atoms with Crippen molar-refractivity contribution in [3.05, 3.63) is 142 Å². The summed E-state index contributed by atoms with van der Waals surface area (Å²) in [6.45, 7) is 1.64. The van der Waals surface area contributed by atoms with Crippen molar-refractivity contribution in [3.63, 3.8) is 0 Å². The van der Waals surface area contributed by atoms with Crippen molar-refractivity contribution in [2.24, 2.45) is 4.99 Å². The third-order valence-electron chi connectivity index (χ3n) is 7.08. The van der Waals surface area contributed by atoms with Gasteiger partial charge in [-0.05, 0) is 50.8 Å². The van der Waals surface area contributed by atoms with Gasteiger partial charge >= 0.3 is 0 Å². The van der Waals surface area contributed by atoms with Crippen LogP contribution >= 0.6 is 11.8 Å². The molecule has 0 saturated heterocycles. The van der Waals surface area contributed by atoms with Gasteiger partial charge in [-0.1, -0.05) is 109 Å². The highest BCUT2D eigenvalue weighted by Gasteiger charge is 2.40. The minimum atomic E-state index is 0.0911. The van der Waals surface area contributed by atoms with Gasteiger partial charge in [0.15, 0.2) is 5.17 Å². The SMILES string of the molecule is C1=C(c2ccc3ccccc3c2)N2C(=NC3=C(CNC/C3=C/c3ccccc3)C2c2ccccc2)S1. The van der Waals surface area contributed by atoms with Crippen LogP contribution in [0.25, 0.3) is 22.5 Å². The standard InChI is InChI=1S/C32H25N3S/c1-3-9-22(10-4-1)17-27-19-33-20-28-30(27)34-32-35(31(28)24-12-5-2-6-13-24)29(21-36-32)26-16-15-23-11-7-8-14-25(23)18-26/h1-18,21,31,33H,19-20H2/b27-17-. The van der Waals surface area contributed by atoms with E-state index in [0.717, 1.165) is 24.0 Å². The normalized spacial score (nSPS) is 20.3. The Morgan fingerprint density at radius 3 is 2.39 bits per heavy atom. The Morgan fingerprint density at radius 1 is 0.806 bits per heavy atom. The predicted molar refractivity (Wildman–Crippen MR) is 152 cm³/mol. The number of hydrogen-bond acceptors (Lipinski definition) is 4. The van der Waals surface area contributed by atoms with E-state index in [2.05, 4.69) is 125 Å². The fourth-order valence-corrected chi connectivity index (χ4v) is 6.32. The summed E-state index contributed by atoms with van der Waals surface area (Å²) in [6.07, 6.45) is 2.28. The van der Waals surface area contributed by atoms with Gasteiger partial charge in [-0.25, -0.2) is 4.99 Å². The first-order valence-corrected chi connectivity index (χ1v) is 13.2. The summed E-state index contributed by atoms with van der Waals surface area (Å²) >= 11 is 1.73. The highest BCUT2D eigenvalue weighted by Crippen LogP contribution is 2.48. The summed E-state index contributed by atoms with van der Waals surface area (Å²) < 4.78 is 0. The molecule has 0 saturated carbocycles. The van der Waals surface area contributed by atoms with E-state index < -0.39 is 0 Å². The number of nitrogens with zero attached hydrogens (tertiary/aromatic N) is 2. The molecule has 0 aromatic heterocycles. The number of thioether (sulfide) groups is 1. The lowest BCUT2D eigenvalue weighted by molar-refractivity contribution is 0.462. The van der Waals surface area contributed by atoms with Crippen LogP contribution in [0.4, 0.5) is 0 Å². The number of amidine groups is 1. The maximum absolute atomic E-state index is 5.28. The molecule has 1 unspecified atom stereocenters. The van der Waals surface area contributed by atoms with E-state index in [9.17, 15) is 0 Å². The van der Waals surface area contributed by atoms with Crippen LogP contribution in [-0.2, 0) is 0 Å². The Hall–Kier alpha value is -3.86. The van der Waals surface area contributed by atoms with Crippen LogP contribution in [0, 0.1) is 0 Å². The van der Waals surface area contributed by atoms with Gasteiger partial charge in [-0.15, -0.1) is 0 Å². The molecule has 4 aromatic rings. The second-order valence-corrected chi connectivity index (χ2v) is 10.2. The molecule has 0 fully saturated rings. The first-order chi connectivity index (χ1) is 17.8. The van der Waals surface area contributed by atoms with Gasteiger partial charge in [-0.2, -0.15) is 0 Å². The molecule has 3 aliphatic rings. The van der Waals surface area contributed by atoms with Crippen molar-refractivity contribution >= 4 is 39.5 Å². The topological polar surface area (TPSA) is 27.6 Å². The largest absolute Gasteiger partial charge is 0.309 e. The molecular weight excluding hydrogens is 458 g/mol. The fourth-order valence-electron chi connectivity index (χ4n) is 5.39. The number of fused-ring (bicyclic) bond motifs is 2. The highest BCUT2D eigenvalue weighted by atomic mass is 32.2. The van der Waals surface area contributed by atoms with Crippen molar-refractivity contribution in [1.29, 1.82) is 0 Å². The Balaban J connectivity index is 1.37. The van der Waals surface area contributed by atoms with Crippen molar-refractivity contribution in [2.45, 2.75) is 6.04 Å². The van der Waals surface area contributed by atoms with Crippen LogP contribution < -0.4 is 5.32 Å². The maximum atomic E-state index is 5.28. The van der Waals surface area contributed by atoms with Crippen molar-refractivity contribution in [2.75, 3.05) is 13.1 Å². The smallest absolute Gasteiger partial charge is 0.174 e. The van der Waals surface area contributed by atoms with E-state index >= 15 is 0 Å². The van der Waals surface area contributed by atoms with Crippen LogP contribution in [0.5, 0.6) is 0 Å². The highest BCUT2D eigenvalue weighted by molar-refractivity contribution is 8.16. The summed E-state index contributed by atoms with van der Waals surface area (Å²) in [5.41, 5.74) is 8.64. The molecule has 1 N–H and O–H groups in total. The molecule has 174 valence electrons. The van der Waals surface area contributed by atoms with E-state index in [1.165, 1.54) is 44.3 Å². The summed E-state index contributed by atoms with van der Waals surface area (Å²) in [4.78, 5) is 7.72. The van der Waals surface area contributed by atoms with Gasteiger partial charge < -0.3 is 10.2 Å². The zero-order chi connectivity index (χ0) is 23.9. The quantitative estimate of drug-likeness (QED) is 0.333. The molecule has 36 heavy (non-hydrogen) atoms. The van der Waals surface area contributed by atoms with Gasteiger partial charge in [0.1, 0.15) is 0 Å². The van der Waals surface area contributed by atoms with Crippen LogP contribution in [0.1, 0.15) is 22.7 Å². The second-order valence-electron chi connectivity index (χ2n) is 9.32. The molecule has 0 bridgehead atoms. The zero-order valence-electron chi connectivity index (χ0n) is 19.8. The molecule has 4 heteroatoms. The molecule has 3 aliphatic heterocycles. The number of benzene rings is 4. The van der Waals surface area contributed by atoms with Gasteiger partial charge in [0, 0.05) is 18.5 Å². The molecule has 0 amide bonds. The monoisotopic (exact) mass is 483 g/mol. The molecule has 4 aromatic carbocycles. The Labute approximate surface area is 215 Å². The van der Waals surface area contributed by atoms with Crippen LogP contribution in [0.2, 0.25) is 0 Å². The Kier molecular flexibility index (Phi) is 5.34. The van der Waals surface area contributed by atoms with E-state index in [4.69, 9.17) is 4.99 Å². The fraction of sp³-hybridized carbons (Fsp3) is 0.0938. The average Bonchev–Trinajstić information content (AvgIpc) is 3.36. The maximum Gasteiger partial charge on any atom is 0.174 e. The van der Waals surface area contributed by atoms with Crippen molar-refractivity contribution in [3.8, 4) is 0 Å². The van der Waals surface area contributed by atoms with Gasteiger partial charge in [0.2, 0.25) is 0 Å². The summed E-state index contributed by atoms with van der Waals surface area (Å²) in [5, 5.41) is 9.50. The summed E-state index contributed by atoms with van der Waals surface area (Å²) in [7, 11) is 0. The molecular formula is C32H25N3S. The Bertz CT molecular complexity index is 1580. The first-order valence-electron chi connectivity index (χ1n) is 12.3. The first kappa shape index (κ1) is 21.4. The van der Waals surface area contributed by atoms with Gasteiger partial charge in [0.25, 0.3) is 0 Å². The minimum Gasteiger partial charge on any atom is -0.309 e. The van der Waals surface area contributed by atoms with E-state index in [1.54, 1.807) is 11.8 Å². The van der Waals surface area contributed by atoms with Gasteiger partial charge in [-0.3, -0.25) is 0 Å². The van der Waals surface area contributed by atoms with Crippen LogP contribution in [0.3, 0.4) is 0 Å².